The second-order valence-corrected chi connectivity index (χ2v) is 7.64. The lowest BCUT2D eigenvalue weighted by atomic mass is 10.1. The van der Waals surface area contributed by atoms with Gasteiger partial charge < -0.3 is 19.4 Å². The molecule has 1 aliphatic heterocycles. The highest BCUT2D eigenvalue weighted by atomic mass is 19.1. The summed E-state index contributed by atoms with van der Waals surface area (Å²) >= 11 is 0. The van der Waals surface area contributed by atoms with Crippen LogP contribution in [-0.2, 0) is 17.8 Å². The van der Waals surface area contributed by atoms with Crippen LogP contribution in [0.2, 0.25) is 0 Å². The minimum atomic E-state index is -0.428. The Morgan fingerprint density at radius 3 is 2.85 bits per heavy atom. The lowest BCUT2D eigenvalue weighted by Gasteiger charge is -2.13. The van der Waals surface area contributed by atoms with Gasteiger partial charge in [-0.25, -0.2) is 4.39 Å². The number of anilines is 1. The Labute approximate surface area is 191 Å². The van der Waals surface area contributed by atoms with Crippen molar-refractivity contribution < 1.29 is 18.7 Å². The number of halogens is 1. The number of aromatic nitrogens is 3. The van der Waals surface area contributed by atoms with E-state index in [0.29, 0.717) is 40.7 Å². The fourth-order valence-electron chi connectivity index (χ4n) is 3.76. The normalized spacial score (nSPS) is 12.9. The van der Waals surface area contributed by atoms with E-state index in [-0.39, 0.29) is 6.61 Å². The Hall–Kier alpha value is -3.93. The lowest BCUT2D eigenvalue weighted by Crippen LogP contribution is -2.20. The largest absolute Gasteiger partial charge is 0.490 e. The van der Waals surface area contributed by atoms with Crippen LogP contribution in [0.3, 0.4) is 0 Å². The topological polar surface area (TPSA) is 102 Å². The molecular formula is C24H24FN5O3. The van der Waals surface area contributed by atoms with E-state index >= 15 is 0 Å². The standard InChI is InChI=1S/C24H24FN5O3/c1-2-32-21-12-16(14-26)7-10-20(21)33-15-23(31)27-17-8-9-19(25)18(13-17)24-29-28-22-6-4-3-5-11-30(22)24/h7-10,12-13H,2-6,11,15H2,1H3,(H,27,31). The third-order valence-electron chi connectivity index (χ3n) is 5.33. The van der Waals surface area contributed by atoms with Crippen molar-refractivity contribution in [2.75, 3.05) is 18.5 Å². The van der Waals surface area contributed by atoms with E-state index in [1.807, 2.05) is 17.6 Å². The molecule has 3 aromatic rings. The fourth-order valence-corrected chi connectivity index (χ4v) is 3.76. The van der Waals surface area contributed by atoms with E-state index in [2.05, 4.69) is 15.5 Å². The Bertz CT molecular complexity index is 1200. The molecule has 0 atom stereocenters. The maximum absolute atomic E-state index is 14.6. The van der Waals surface area contributed by atoms with Gasteiger partial charge in [-0.05, 0) is 50.1 Å². The Morgan fingerprint density at radius 2 is 2.03 bits per heavy atom. The van der Waals surface area contributed by atoms with Gasteiger partial charge in [0.25, 0.3) is 5.91 Å². The van der Waals surface area contributed by atoms with Crippen LogP contribution >= 0.6 is 0 Å². The molecule has 2 aromatic carbocycles. The highest BCUT2D eigenvalue weighted by Crippen LogP contribution is 2.29. The first kappa shape index (κ1) is 22.3. The third kappa shape index (κ3) is 5.12. The minimum absolute atomic E-state index is 0.279. The first-order valence-electron chi connectivity index (χ1n) is 10.9. The molecule has 1 amide bonds. The van der Waals surface area contributed by atoms with Gasteiger partial charge in [0.05, 0.1) is 23.8 Å². The van der Waals surface area contributed by atoms with Crippen molar-refractivity contribution in [1.82, 2.24) is 14.8 Å². The number of hydrogen-bond acceptors (Lipinski definition) is 6. The summed E-state index contributed by atoms with van der Waals surface area (Å²) in [5, 5.41) is 20.2. The van der Waals surface area contributed by atoms with Crippen molar-refractivity contribution in [2.24, 2.45) is 0 Å². The number of carbonyl (C=O) groups excluding carboxylic acids is 1. The van der Waals surface area contributed by atoms with Crippen molar-refractivity contribution in [3.05, 3.63) is 53.6 Å². The molecule has 8 nitrogen and oxygen atoms in total. The third-order valence-corrected chi connectivity index (χ3v) is 5.33. The van der Waals surface area contributed by atoms with Crippen LogP contribution in [0.25, 0.3) is 11.4 Å². The van der Waals surface area contributed by atoms with Gasteiger partial charge in [-0.3, -0.25) is 4.79 Å². The molecule has 0 aliphatic carbocycles. The maximum atomic E-state index is 14.6. The molecular weight excluding hydrogens is 425 g/mol. The summed E-state index contributed by atoms with van der Waals surface area (Å²) < 4.78 is 27.7. The van der Waals surface area contributed by atoms with Crippen LogP contribution in [0.15, 0.2) is 36.4 Å². The van der Waals surface area contributed by atoms with Crippen LogP contribution in [0, 0.1) is 17.1 Å². The molecule has 0 bridgehead atoms. The monoisotopic (exact) mass is 449 g/mol. The van der Waals surface area contributed by atoms with Gasteiger partial charge in [-0.15, -0.1) is 10.2 Å². The van der Waals surface area contributed by atoms with Gasteiger partial charge >= 0.3 is 0 Å². The highest BCUT2D eigenvalue weighted by molar-refractivity contribution is 5.92. The van der Waals surface area contributed by atoms with Gasteiger partial charge in [0.2, 0.25) is 0 Å². The second kappa shape index (κ2) is 10.1. The predicted molar refractivity (Wildman–Crippen MR) is 119 cm³/mol. The summed E-state index contributed by atoms with van der Waals surface area (Å²) in [6.45, 7) is 2.67. The summed E-state index contributed by atoms with van der Waals surface area (Å²) in [6, 6.07) is 11.1. The quantitative estimate of drug-likeness (QED) is 0.583. The molecule has 33 heavy (non-hydrogen) atoms. The van der Waals surface area contributed by atoms with Gasteiger partial charge in [-0.2, -0.15) is 5.26 Å². The van der Waals surface area contributed by atoms with Crippen molar-refractivity contribution in [3.8, 4) is 29.0 Å². The van der Waals surface area contributed by atoms with Crippen LogP contribution in [0.4, 0.5) is 10.1 Å². The zero-order chi connectivity index (χ0) is 23.2. The summed E-state index contributed by atoms with van der Waals surface area (Å²) in [5.74, 6) is 1.23. The van der Waals surface area contributed by atoms with E-state index < -0.39 is 11.7 Å². The number of nitrogens with zero attached hydrogens (tertiary/aromatic N) is 4. The Kier molecular flexibility index (Phi) is 6.83. The van der Waals surface area contributed by atoms with Crippen molar-refractivity contribution in [2.45, 2.75) is 39.2 Å². The fraction of sp³-hybridized carbons (Fsp3) is 0.333. The number of nitriles is 1. The molecule has 2 heterocycles. The van der Waals surface area contributed by atoms with Crippen LogP contribution in [0.1, 0.15) is 37.6 Å². The van der Waals surface area contributed by atoms with Gasteiger partial charge in [-0.1, -0.05) is 6.42 Å². The number of amides is 1. The first-order chi connectivity index (χ1) is 16.1. The maximum Gasteiger partial charge on any atom is 0.262 e. The summed E-state index contributed by atoms with van der Waals surface area (Å²) in [6.07, 6.45) is 3.96. The second-order valence-electron chi connectivity index (χ2n) is 7.64. The molecule has 4 rings (SSSR count). The summed E-state index contributed by atoms with van der Waals surface area (Å²) in [4.78, 5) is 12.5. The molecule has 0 radical (unpaired) electrons. The molecule has 1 aromatic heterocycles. The van der Waals surface area contributed by atoms with Crippen molar-refractivity contribution >= 4 is 11.6 Å². The molecule has 0 saturated heterocycles. The van der Waals surface area contributed by atoms with Crippen molar-refractivity contribution in [3.63, 3.8) is 0 Å². The summed E-state index contributed by atoms with van der Waals surface area (Å²) in [5.41, 5.74) is 1.15. The number of fused-ring (bicyclic) bond motifs is 1. The number of rotatable bonds is 7. The van der Waals surface area contributed by atoms with Gasteiger partial charge in [0.1, 0.15) is 11.6 Å². The first-order valence-corrected chi connectivity index (χ1v) is 10.9. The Balaban J connectivity index is 1.47. The lowest BCUT2D eigenvalue weighted by molar-refractivity contribution is -0.118. The van der Waals surface area contributed by atoms with E-state index in [0.717, 1.165) is 38.1 Å². The molecule has 1 N–H and O–H groups in total. The van der Waals surface area contributed by atoms with Crippen molar-refractivity contribution in [1.29, 1.82) is 5.26 Å². The average molecular weight is 449 g/mol. The molecule has 170 valence electrons. The predicted octanol–water partition coefficient (Wildman–Crippen LogP) is 4.10. The number of carbonyl (C=O) groups is 1. The summed E-state index contributed by atoms with van der Waals surface area (Å²) in [7, 11) is 0. The molecule has 0 unspecified atom stereocenters. The SMILES string of the molecule is CCOc1cc(C#N)ccc1OCC(=O)Nc1ccc(F)c(-c2nnc3n2CCCCC3)c1. The van der Waals surface area contributed by atoms with E-state index in [4.69, 9.17) is 14.7 Å². The highest BCUT2D eigenvalue weighted by Gasteiger charge is 2.19. The Morgan fingerprint density at radius 1 is 1.15 bits per heavy atom. The zero-order valence-electron chi connectivity index (χ0n) is 18.3. The van der Waals surface area contributed by atoms with Gasteiger partial charge in [0, 0.05) is 24.7 Å². The molecule has 0 fully saturated rings. The average Bonchev–Trinajstić information content (AvgIpc) is 3.07. The zero-order valence-corrected chi connectivity index (χ0v) is 18.3. The molecule has 9 heteroatoms. The number of benzene rings is 2. The smallest absolute Gasteiger partial charge is 0.262 e. The van der Waals surface area contributed by atoms with Crippen LogP contribution in [0.5, 0.6) is 11.5 Å². The molecule has 1 aliphatic rings. The van der Waals surface area contributed by atoms with E-state index in [1.54, 1.807) is 24.3 Å². The minimum Gasteiger partial charge on any atom is -0.490 e. The van der Waals surface area contributed by atoms with Crippen LogP contribution < -0.4 is 14.8 Å². The number of aryl methyl sites for hydroxylation is 1. The number of nitrogens with one attached hydrogen (secondary N) is 1. The number of ether oxygens (including phenoxy) is 2. The molecule has 0 saturated carbocycles. The number of hydrogen-bond donors (Lipinski definition) is 1. The van der Waals surface area contributed by atoms with E-state index in [9.17, 15) is 9.18 Å². The van der Waals surface area contributed by atoms with Crippen LogP contribution in [-0.4, -0.2) is 33.9 Å². The van der Waals surface area contributed by atoms with E-state index in [1.165, 1.54) is 12.1 Å². The van der Waals surface area contributed by atoms with Gasteiger partial charge in [0.15, 0.2) is 23.9 Å². The molecule has 0 spiro atoms.